The SMILES string of the molecule is CC(O)CNCCNC(=O)CCc1ccccn1. The van der Waals surface area contributed by atoms with E-state index in [1.165, 1.54) is 0 Å². The van der Waals surface area contributed by atoms with E-state index in [0.717, 1.165) is 5.69 Å². The van der Waals surface area contributed by atoms with Crippen LogP contribution in [0.25, 0.3) is 0 Å². The third-order valence-electron chi connectivity index (χ3n) is 2.40. The molecule has 0 aliphatic carbocycles. The maximum Gasteiger partial charge on any atom is 0.220 e. The number of amides is 1. The number of aromatic nitrogens is 1. The lowest BCUT2D eigenvalue weighted by molar-refractivity contribution is -0.121. The molecule has 0 spiro atoms. The second-order valence-electron chi connectivity index (χ2n) is 4.22. The van der Waals surface area contributed by atoms with Gasteiger partial charge in [-0.3, -0.25) is 9.78 Å². The normalized spacial score (nSPS) is 12.1. The van der Waals surface area contributed by atoms with Gasteiger partial charge in [0.1, 0.15) is 0 Å². The molecule has 1 rings (SSSR count). The molecular formula is C13H21N3O2. The summed E-state index contributed by atoms with van der Waals surface area (Å²) in [5.41, 5.74) is 0.930. The zero-order chi connectivity index (χ0) is 13.2. The standard InChI is InChI=1S/C13H21N3O2/c1-11(17)10-14-8-9-16-13(18)6-5-12-4-2-3-7-15-12/h2-4,7,11,14,17H,5-6,8-10H2,1H3,(H,16,18). The number of rotatable bonds is 8. The first-order valence-corrected chi connectivity index (χ1v) is 6.24. The summed E-state index contributed by atoms with van der Waals surface area (Å²) in [7, 11) is 0. The first kappa shape index (κ1) is 14.6. The molecule has 0 fully saturated rings. The van der Waals surface area contributed by atoms with E-state index in [-0.39, 0.29) is 12.0 Å². The number of nitrogens with one attached hydrogen (secondary N) is 2. The summed E-state index contributed by atoms with van der Waals surface area (Å²) in [5, 5.41) is 14.9. The molecule has 0 aliphatic rings. The van der Waals surface area contributed by atoms with E-state index >= 15 is 0 Å². The van der Waals surface area contributed by atoms with E-state index in [1.54, 1.807) is 13.1 Å². The van der Waals surface area contributed by atoms with E-state index in [2.05, 4.69) is 15.6 Å². The molecule has 100 valence electrons. The average molecular weight is 251 g/mol. The molecule has 1 aromatic heterocycles. The fourth-order valence-corrected chi connectivity index (χ4v) is 1.48. The van der Waals surface area contributed by atoms with Gasteiger partial charge in [0.15, 0.2) is 0 Å². The third kappa shape index (κ3) is 6.98. The van der Waals surface area contributed by atoms with Gasteiger partial charge in [-0.1, -0.05) is 6.07 Å². The molecule has 1 aromatic rings. The third-order valence-corrected chi connectivity index (χ3v) is 2.40. The van der Waals surface area contributed by atoms with Crippen molar-refractivity contribution < 1.29 is 9.90 Å². The predicted octanol–water partition coefficient (Wildman–Crippen LogP) is 0.101. The lowest BCUT2D eigenvalue weighted by Crippen LogP contribution is -2.34. The predicted molar refractivity (Wildman–Crippen MR) is 70.1 cm³/mol. The van der Waals surface area contributed by atoms with Crippen molar-refractivity contribution in [2.24, 2.45) is 0 Å². The highest BCUT2D eigenvalue weighted by atomic mass is 16.3. The summed E-state index contributed by atoms with van der Waals surface area (Å²) in [6.07, 6.45) is 2.49. The Morgan fingerprint density at radius 3 is 2.94 bits per heavy atom. The molecule has 5 heteroatoms. The van der Waals surface area contributed by atoms with E-state index < -0.39 is 0 Å². The Hall–Kier alpha value is -1.46. The van der Waals surface area contributed by atoms with E-state index in [4.69, 9.17) is 5.11 Å². The Balaban J connectivity index is 2.04. The van der Waals surface area contributed by atoms with Crippen molar-refractivity contribution in [2.75, 3.05) is 19.6 Å². The van der Waals surface area contributed by atoms with Crippen LogP contribution >= 0.6 is 0 Å². The van der Waals surface area contributed by atoms with Crippen molar-refractivity contribution in [1.29, 1.82) is 0 Å². The van der Waals surface area contributed by atoms with Crippen LogP contribution in [-0.4, -0.2) is 41.7 Å². The van der Waals surface area contributed by atoms with Gasteiger partial charge in [0.2, 0.25) is 5.91 Å². The van der Waals surface area contributed by atoms with E-state index in [1.807, 2.05) is 18.2 Å². The maximum absolute atomic E-state index is 11.5. The highest BCUT2D eigenvalue weighted by Crippen LogP contribution is 1.97. The molecule has 0 saturated carbocycles. The molecule has 0 saturated heterocycles. The second kappa shape index (κ2) is 8.60. The number of aliphatic hydroxyl groups is 1. The minimum Gasteiger partial charge on any atom is -0.392 e. The van der Waals surface area contributed by atoms with Gasteiger partial charge in [-0.05, 0) is 25.5 Å². The molecule has 1 unspecified atom stereocenters. The molecule has 0 radical (unpaired) electrons. The maximum atomic E-state index is 11.5. The number of nitrogens with zero attached hydrogens (tertiary/aromatic N) is 1. The number of hydrogen-bond donors (Lipinski definition) is 3. The summed E-state index contributed by atoms with van der Waals surface area (Å²) >= 11 is 0. The number of carbonyl (C=O) groups is 1. The van der Waals surface area contributed by atoms with Gasteiger partial charge in [-0.15, -0.1) is 0 Å². The highest BCUT2D eigenvalue weighted by Gasteiger charge is 2.02. The molecule has 1 amide bonds. The van der Waals surface area contributed by atoms with Gasteiger partial charge < -0.3 is 15.7 Å². The van der Waals surface area contributed by atoms with Crippen LogP contribution in [0.15, 0.2) is 24.4 Å². The summed E-state index contributed by atoms with van der Waals surface area (Å²) < 4.78 is 0. The fraction of sp³-hybridized carbons (Fsp3) is 0.538. The minimum atomic E-state index is -0.357. The van der Waals surface area contributed by atoms with Crippen LogP contribution < -0.4 is 10.6 Å². The van der Waals surface area contributed by atoms with Gasteiger partial charge in [-0.2, -0.15) is 0 Å². The topological polar surface area (TPSA) is 74.2 Å². The van der Waals surface area contributed by atoms with Crippen molar-refractivity contribution in [1.82, 2.24) is 15.6 Å². The number of pyridine rings is 1. The van der Waals surface area contributed by atoms with E-state index in [0.29, 0.717) is 32.5 Å². The molecule has 1 heterocycles. The van der Waals surface area contributed by atoms with Gasteiger partial charge in [0.25, 0.3) is 0 Å². The van der Waals surface area contributed by atoms with Crippen molar-refractivity contribution in [3.05, 3.63) is 30.1 Å². The summed E-state index contributed by atoms with van der Waals surface area (Å²) in [6, 6.07) is 5.69. The first-order chi connectivity index (χ1) is 8.68. The molecule has 0 bridgehead atoms. The quantitative estimate of drug-likeness (QED) is 0.573. The van der Waals surface area contributed by atoms with Gasteiger partial charge >= 0.3 is 0 Å². The monoisotopic (exact) mass is 251 g/mol. The molecular weight excluding hydrogens is 230 g/mol. The Morgan fingerprint density at radius 2 is 2.28 bits per heavy atom. The zero-order valence-corrected chi connectivity index (χ0v) is 10.7. The van der Waals surface area contributed by atoms with Crippen LogP contribution in [0.1, 0.15) is 19.0 Å². The lowest BCUT2D eigenvalue weighted by Gasteiger charge is -2.08. The fourth-order valence-electron chi connectivity index (χ4n) is 1.48. The number of hydrogen-bond acceptors (Lipinski definition) is 4. The zero-order valence-electron chi connectivity index (χ0n) is 10.7. The number of aliphatic hydroxyl groups excluding tert-OH is 1. The van der Waals surface area contributed by atoms with Gasteiger partial charge in [0, 0.05) is 37.9 Å². The van der Waals surface area contributed by atoms with Crippen LogP contribution in [0, 0.1) is 0 Å². The Morgan fingerprint density at radius 1 is 1.44 bits per heavy atom. The Labute approximate surface area is 108 Å². The highest BCUT2D eigenvalue weighted by molar-refractivity contribution is 5.76. The van der Waals surface area contributed by atoms with Gasteiger partial charge in [0.05, 0.1) is 6.10 Å². The molecule has 0 aliphatic heterocycles. The average Bonchev–Trinajstić information content (AvgIpc) is 2.37. The van der Waals surface area contributed by atoms with Gasteiger partial charge in [-0.25, -0.2) is 0 Å². The molecule has 3 N–H and O–H groups in total. The van der Waals surface area contributed by atoms with Crippen LogP contribution in [0.3, 0.4) is 0 Å². The molecule has 1 atom stereocenters. The van der Waals surface area contributed by atoms with Crippen molar-refractivity contribution >= 4 is 5.91 Å². The summed E-state index contributed by atoms with van der Waals surface area (Å²) in [5.74, 6) is 0.0273. The summed E-state index contributed by atoms with van der Waals surface area (Å²) in [4.78, 5) is 15.7. The molecule has 5 nitrogen and oxygen atoms in total. The first-order valence-electron chi connectivity index (χ1n) is 6.24. The van der Waals surface area contributed by atoms with Crippen molar-refractivity contribution in [3.8, 4) is 0 Å². The lowest BCUT2D eigenvalue weighted by atomic mass is 10.2. The minimum absolute atomic E-state index is 0.0273. The van der Waals surface area contributed by atoms with E-state index in [9.17, 15) is 4.79 Å². The number of carbonyl (C=O) groups excluding carboxylic acids is 1. The Kier molecular flexibility index (Phi) is 6.98. The second-order valence-corrected chi connectivity index (χ2v) is 4.22. The van der Waals surface area contributed by atoms with Crippen LogP contribution in [0.2, 0.25) is 0 Å². The van der Waals surface area contributed by atoms with Crippen LogP contribution in [0.5, 0.6) is 0 Å². The Bertz CT molecular complexity index is 341. The van der Waals surface area contributed by atoms with Crippen LogP contribution in [0.4, 0.5) is 0 Å². The summed E-state index contributed by atoms with van der Waals surface area (Å²) in [6.45, 7) is 3.51. The molecule has 18 heavy (non-hydrogen) atoms. The number of aryl methyl sites for hydroxylation is 1. The smallest absolute Gasteiger partial charge is 0.220 e. The van der Waals surface area contributed by atoms with Crippen molar-refractivity contribution in [2.45, 2.75) is 25.9 Å². The van der Waals surface area contributed by atoms with Crippen LogP contribution in [-0.2, 0) is 11.2 Å². The van der Waals surface area contributed by atoms with Crippen molar-refractivity contribution in [3.63, 3.8) is 0 Å². The largest absolute Gasteiger partial charge is 0.392 e. The molecule has 0 aromatic carbocycles.